The molecule has 138 valence electrons. The Morgan fingerprint density at radius 3 is 2.81 bits per heavy atom. The number of hydrogen-bond acceptors (Lipinski definition) is 6. The Hall–Kier alpha value is -2.94. The van der Waals surface area contributed by atoms with Gasteiger partial charge < -0.3 is 19.2 Å². The Bertz CT molecular complexity index is 969. The lowest BCUT2D eigenvalue weighted by Crippen LogP contribution is -2.58. The van der Waals surface area contributed by atoms with E-state index in [1.54, 1.807) is 12.1 Å². The number of aromatic nitrogens is 2. The molecule has 1 aromatic carbocycles. The van der Waals surface area contributed by atoms with E-state index in [1.165, 1.54) is 4.90 Å². The van der Waals surface area contributed by atoms with Gasteiger partial charge in [0.15, 0.2) is 10.4 Å². The number of benzene rings is 1. The summed E-state index contributed by atoms with van der Waals surface area (Å²) in [6.07, 6.45) is 0.124. The first kappa shape index (κ1) is 17.5. The molecule has 1 N–H and O–H groups in total. The molecule has 0 bridgehead atoms. The van der Waals surface area contributed by atoms with Crippen LogP contribution in [0.3, 0.4) is 0 Å². The van der Waals surface area contributed by atoms with Crippen LogP contribution in [-0.2, 0) is 11.2 Å². The van der Waals surface area contributed by atoms with E-state index in [-0.39, 0.29) is 29.9 Å². The molecular formula is C18H15BrN4O4. The zero-order valence-corrected chi connectivity index (χ0v) is 15.7. The number of nitrogens with one attached hydrogen (secondary N) is 1. The van der Waals surface area contributed by atoms with Gasteiger partial charge in [0.25, 0.3) is 5.91 Å². The fraction of sp³-hybridized carbons (Fsp3) is 0.222. The maximum Gasteiger partial charge on any atom is 0.290 e. The third-order valence-corrected chi connectivity index (χ3v) is 4.67. The Morgan fingerprint density at radius 2 is 2.07 bits per heavy atom. The zero-order valence-electron chi connectivity index (χ0n) is 14.1. The molecule has 9 heteroatoms. The van der Waals surface area contributed by atoms with Crippen LogP contribution in [-0.4, -0.2) is 46.0 Å². The van der Waals surface area contributed by atoms with Crippen molar-refractivity contribution < 1.29 is 18.5 Å². The molecule has 1 aliphatic heterocycles. The smallest absolute Gasteiger partial charge is 0.290 e. The number of furan rings is 1. The molecule has 1 atom stereocenters. The van der Waals surface area contributed by atoms with Gasteiger partial charge in [0.05, 0.1) is 6.42 Å². The molecule has 0 spiro atoms. The van der Waals surface area contributed by atoms with E-state index in [0.29, 0.717) is 23.6 Å². The average Bonchev–Trinajstić information content (AvgIpc) is 3.33. The normalized spacial score (nSPS) is 17.0. The second-order valence-corrected chi connectivity index (χ2v) is 6.77. The second-order valence-electron chi connectivity index (χ2n) is 5.99. The fourth-order valence-electron chi connectivity index (χ4n) is 2.94. The highest BCUT2D eigenvalue weighted by Gasteiger charge is 2.36. The SMILES string of the molecule is O=C1NCCN(C(=O)c2ccc(Br)o2)C1Cc1nc(-c2ccccc2)no1. The Balaban J connectivity index is 1.56. The maximum atomic E-state index is 12.8. The minimum absolute atomic E-state index is 0.124. The van der Waals surface area contributed by atoms with Crippen molar-refractivity contribution in [3.8, 4) is 11.4 Å². The first-order valence-corrected chi connectivity index (χ1v) is 9.13. The third-order valence-electron chi connectivity index (χ3n) is 4.24. The molecular weight excluding hydrogens is 416 g/mol. The average molecular weight is 431 g/mol. The Kier molecular flexibility index (Phi) is 4.76. The van der Waals surface area contributed by atoms with Gasteiger partial charge >= 0.3 is 0 Å². The highest BCUT2D eigenvalue weighted by Crippen LogP contribution is 2.21. The molecule has 27 heavy (non-hydrogen) atoms. The Morgan fingerprint density at radius 1 is 1.26 bits per heavy atom. The van der Waals surface area contributed by atoms with Crippen LogP contribution in [0.1, 0.15) is 16.4 Å². The maximum absolute atomic E-state index is 12.8. The van der Waals surface area contributed by atoms with Crippen LogP contribution in [0.2, 0.25) is 0 Å². The molecule has 1 saturated heterocycles. The van der Waals surface area contributed by atoms with Gasteiger partial charge in [-0.3, -0.25) is 9.59 Å². The van der Waals surface area contributed by atoms with Gasteiger partial charge in [0, 0.05) is 18.7 Å². The first-order chi connectivity index (χ1) is 13.1. The number of rotatable bonds is 4. The van der Waals surface area contributed by atoms with E-state index in [9.17, 15) is 9.59 Å². The van der Waals surface area contributed by atoms with Crippen molar-refractivity contribution in [1.29, 1.82) is 0 Å². The summed E-state index contributed by atoms with van der Waals surface area (Å²) in [4.78, 5) is 31.0. The summed E-state index contributed by atoms with van der Waals surface area (Å²) in [7, 11) is 0. The lowest BCUT2D eigenvalue weighted by molar-refractivity contribution is -0.128. The summed E-state index contributed by atoms with van der Waals surface area (Å²) in [6.45, 7) is 0.745. The van der Waals surface area contributed by atoms with Crippen molar-refractivity contribution in [1.82, 2.24) is 20.4 Å². The molecule has 3 aromatic rings. The second kappa shape index (κ2) is 7.36. The predicted molar refractivity (Wildman–Crippen MR) is 97.7 cm³/mol. The topological polar surface area (TPSA) is 101 Å². The first-order valence-electron chi connectivity index (χ1n) is 8.34. The van der Waals surface area contributed by atoms with E-state index in [1.807, 2.05) is 30.3 Å². The molecule has 1 fully saturated rings. The molecule has 3 heterocycles. The highest BCUT2D eigenvalue weighted by molar-refractivity contribution is 9.10. The molecule has 2 amide bonds. The lowest BCUT2D eigenvalue weighted by Gasteiger charge is -2.33. The van der Waals surface area contributed by atoms with E-state index >= 15 is 0 Å². The third kappa shape index (κ3) is 3.63. The number of piperazine rings is 1. The summed E-state index contributed by atoms with van der Waals surface area (Å²) in [5, 5.41) is 6.73. The van der Waals surface area contributed by atoms with E-state index in [4.69, 9.17) is 8.94 Å². The van der Waals surface area contributed by atoms with Gasteiger partial charge in [0.2, 0.25) is 17.6 Å². The molecule has 0 radical (unpaired) electrons. The molecule has 1 aliphatic rings. The summed E-state index contributed by atoms with van der Waals surface area (Å²) in [5.74, 6) is 0.268. The van der Waals surface area contributed by atoms with E-state index in [2.05, 4.69) is 31.4 Å². The molecule has 2 aromatic heterocycles. The van der Waals surface area contributed by atoms with Gasteiger partial charge in [-0.1, -0.05) is 35.5 Å². The van der Waals surface area contributed by atoms with Crippen molar-refractivity contribution in [3.63, 3.8) is 0 Å². The van der Waals surface area contributed by atoms with E-state index in [0.717, 1.165) is 5.56 Å². The van der Waals surface area contributed by atoms with Crippen LogP contribution in [0.25, 0.3) is 11.4 Å². The van der Waals surface area contributed by atoms with Crippen molar-refractivity contribution >= 4 is 27.7 Å². The quantitative estimate of drug-likeness (QED) is 0.680. The van der Waals surface area contributed by atoms with Crippen LogP contribution >= 0.6 is 15.9 Å². The number of halogens is 1. The molecule has 0 saturated carbocycles. The van der Waals surface area contributed by atoms with Crippen molar-refractivity contribution in [2.45, 2.75) is 12.5 Å². The lowest BCUT2D eigenvalue weighted by atomic mass is 10.1. The summed E-state index contributed by atoms with van der Waals surface area (Å²) in [6, 6.07) is 11.8. The molecule has 8 nitrogen and oxygen atoms in total. The predicted octanol–water partition coefficient (Wildman–Crippen LogP) is 2.28. The monoisotopic (exact) mass is 430 g/mol. The minimum Gasteiger partial charge on any atom is -0.444 e. The van der Waals surface area contributed by atoms with E-state index < -0.39 is 6.04 Å². The summed E-state index contributed by atoms with van der Waals surface area (Å²) in [5.41, 5.74) is 0.814. The molecule has 1 unspecified atom stereocenters. The number of carbonyl (C=O) groups is 2. The summed E-state index contributed by atoms with van der Waals surface area (Å²) >= 11 is 3.18. The van der Waals surface area contributed by atoms with Gasteiger partial charge in [-0.15, -0.1) is 0 Å². The molecule has 4 rings (SSSR count). The summed E-state index contributed by atoms with van der Waals surface area (Å²) < 4.78 is 11.1. The number of nitrogens with zero attached hydrogens (tertiary/aromatic N) is 3. The van der Waals surface area contributed by atoms with Gasteiger partial charge in [-0.2, -0.15) is 4.98 Å². The van der Waals surface area contributed by atoms with Gasteiger partial charge in [-0.25, -0.2) is 0 Å². The largest absolute Gasteiger partial charge is 0.444 e. The number of hydrogen-bond donors (Lipinski definition) is 1. The Labute approximate surface area is 162 Å². The zero-order chi connectivity index (χ0) is 18.8. The van der Waals surface area contributed by atoms with Crippen LogP contribution in [0.15, 0.2) is 56.1 Å². The molecule has 0 aliphatic carbocycles. The van der Waals surface area contributed by atoms with Crippen molar-refractivity contribution in [3.05, 3.63) is 58.8 Å². The van der Waals surface area contributed by atoms with Crippen LogP contribution in [0.5, 0.6) is 0 Å². The number of carbonyl (C=O) groups excluding carboxylic acids is 2. The van der Waals surface area contributed by atoms with Crippen LogP contribution in [0.4, 0.5) is 0 Å². The minimum atomic E-state index is -0.751. The van der Waals surface area contributed by atoms with Crippen LogP contribution in [0, 0.1) is 0 Å². The van der Waals surface area contributed by atoms with Gasteiger partial charge in [-0.05, 0) is 28.1 Å². The fourth-order valence-corrected chi connectivity index (χ4v) is 3.25. The standard InChI is InChI=1S/C18H15BrN4O4/c19-14-7-6-13(26-14)18(25)23-9-8-20-17(24)12(23)10-15-21-16(22-27-15)11-4-2-1-3-5-11/h1-7,12H,8-10H2,(H,20,24). The van der Waals surface area contributed by atoms with Crippen molar-refractivity contribution in [2.75, 3.05) is 13.1 Å². The highest BCUT2D eigenvalue weighted by atomic mass is 79.9. The van der Waals surface area contributed by atoms with Crippen LogP contribution < -0.4 is 5.32 Å². The van der Waals surface area contributed by atoms with Crippen molar-refractivity contribution in [2.24, 2.45) is 0 Å². The number of amides is 2. The van der Waals surface area contributed by atoms with Gasteiger partial charge in [0.1, 0.15) is 6.04 Å².